The van der Waals surface area contributed by atoms with E-state index < -0.39 is 5.91 Å². The Morgan fingerprint density at radius 1 is 0.962 bits per heavy atom. The van der Waals surface area contributed by atoms with Crippen molar-refractivity contribution in [2.24, 2.45) is 0 Å². The zero-order chi connectivity index (χ0) is 18.7. The van der Waals surface area contributed by atoms with Gasteiger partial charge in [-0.1, -0.05) is 54.6 Å². The van der Waals surface area contributed by atoms with Gasteiger partial charge >= 0.3 is 0 Å². The fourth-order valence-corrected chi connectivity index (χ4v) is 3.66. The van der Waals surface area contributed by atoms with Gasteiger partial charge in [-0.3, -0.25) is 9.59 Å². The van der Waals surface area contributed by atoms with Crippen LogP contribution in [0.3, 0.4) is 0 Å². The first-order valence-corrected chi connectivity index (χ1v) is 9.35. The normalized spacial score (nSPS) is 14.8. The number of rotatable bonds is 4. The standard InChI is InChI=1S/C20H19Cl2NO3/c21-16-9-5-4-8-14(16)18(24)12-10-15(19(25)17(22)11-12)20(26)23-13-6-2-1-3-7-13/h4-5,8-11,13,25H,1-3,6-7H2,(H,23,26). The van der Waals surface area contributed by atoms with Crippen LogP contribution in [0.5, 0.6) is 5.75 Å². The minimum Gasteiger partial charge on any atom is -0.506 e. The molecule has 4 nitrogen and oxygen atoms in total. The zero-order valence-electron chi connectivity index (χ0n) is 14.1. The van der Waals surface area contributed by atoms with E-state index in [2.05, 4.69) is 5.32 Å². The van der Waals surface area contributed by atoms with Gasteiger partial charge in [0, 0.05) is 17.2 Å². The van der Waals surface area contributed by atoms with Crippen LogP contribution < -0.4 is 5.32 Å². The third kappa shape index (κ3) is 4.02. The van der Waals surface area contributed by atoms with Crippen molar-refractivity contribution >= 4 is 34.9 Å². The molecule has 0 atom stereocenters. The van der Waals surface area contributed by atoms with E-state index in [-0.39, 0.29) is 33.7 Å². The lowest BCUT2D eigenvalue weighted by Crippen LogP contribution is -2.36. The lowest BCUT2D eigenvalue weighted by atomic mass is 9.95. The van der Waals surface area contributed by atoms with Crippen molar-refractivity contribution in [3.8, 4) is 5.75 Å². The Labute approximate surface area is 162 Å². The number of hydrogen-bond donors (Lipinski definition) is 2. The van der Waals surface area contributed by atoms with Crippen LogP contribution in [0.25, 0.3) is 0 Å². The maximum Gasteiger partial charge on any atom is 0.255 e. The Morgan fingerprint density at radius 2 is 1.65 bits per heavy atom. The van der Waals surface area contributed by atoms with E-state index in [9.17, 15) is 14.7 Å². The van der Waals surface area contributed by atoms with Gasteiger partial charge < -0.3 is 10.4 Å². The Morgan fingerprint density at radius 3 is 2.35 bits per heavy atom. The lowest BCUT2D eigenvalue weighted by Gasteiger charge is -2.23. The monoisotopic (exact) mass is 391 g/mol. The molecule has 0 spiro atoms. The van der Waals surface area contributed by atoms with Gasteiger partial charge in [0.1, 0.15) is 5.75 Å². The van der Waals surface area contributed by atoms with Crippen molar-refractivity contribution in [3.63, 3.8) is 0 Å². The highest BCUT2D eigenvalue weighted by Crippen LogP contribution is 2.31. The number of aromatic hydroxyl groups is 1. The highest BCUT2D eigenvalue weighted by Gasteiger charge is 2.23. The molecule has 0 aliphatic heterocycles. The van der Waals surface area contributed by atoms with E-state index in [0.29, 0.717) is 10.6 Å². The molecule has 1 amide bonds. The predicted octanol–water partition coefficient (Wildman–Crippen LogP) is 4.99. The van der Waals surface area contributed by atoms with Crippen LogP contribution in [-0.2, 0) is 0 Å². The predicted molar refractivity (Wildman–Crippen MR) is 102 cm³/mol. The first kappa shape index (κ1) is 18.7. The molecular weight excluding hydrogens is 373 g/mol. The summed E-state index contributed by atoms with van der Waals surface area (Å²) in [6.07, 6.45) is 5.15. The summed E-state index contributed by atoms with van der Waals surface area (Å²) < 4.78 is 0. The van der Waals surface area contributed by atoms with E-state index >= 15 is 0 Å². The van der Waals surface area contributed by atoms with Gasteiger partial charge in [-0.2, -0.15) is 0 Å². The summed E-state index contributed by atoms with van der Waals surface area (Å²) in [4.78, 5) is 25.3. The summed E-state index contributed by atoms with van der Waals surface area (Å²) >= 11 is 12.2. The molecule has 0 heterocycles. The molecule has 6 heteroatoms. The molecule has 26 heavy (non-hydrogen) atoms. The Balaban J connectivity index is 1.90. The van der Waals surface area contributed by atoms with E-state index in [4.69, 9.17) is 23.2 Å². The van der Waals surface area contributed by atoms with Crippen molar-refractivity contribution < 1.29 is 14.7 Å². The minimum atomic E-state index is -0.426. The largest absolute Gasteiger partial charge is 0.506 e. The molecule has 0 unspecified atom stereocenters. The molecule has 0 bridgehead atoms. The van der Waals surface area contributed by atoms with Crippen LogP contribution in [0.2, 0.25) is 10.0 Å². The summed E-state index contributed by atoms with van der Waals surface area (Å²) in [6.45, 7) is 0. The van der Waals surface area contributed by atoms with E-state index in [1.807, 2.05) is 0 Å². The number of carbonyl (C=O) groups excluding carboxylic acids is 2. The van der Waals surface area contributed by atoms with Gasteiger partial charge in [-0.05, 0) is 37.1 Å². The fraction of sp³-hybridized carbons (Fsp3) is 0.300. The van der Waals surface area contributed by atoms with Crippen molar-refractivity contribution in [1.29, 1.82) is 0 Å². The summed E-state index contributed by atoms with van der Waals surface area (Å²) in [5, 5.41) is 13.4. The third-order valence-electron chi connectivity index (χ3n) is 4.63. The van der Waals surface area contributed by atoms with Crippen molar-refractivity contribution in [3.05, 3.63) is 63.1 Å². The van der Waals surface area contributed by atoms with Gasteiger partial charge in [0.15, 0.2) is 5.78 Å². The van der Waals surface area contributed by atoms with Crippen LogP contribution in [0, 0.1) is 0 Å². The second kappa shape index (κ2) is 8.11. The molecule has 1 aliphatic carbocycles. The molecule has 2 N–H and O–H groups in total. The smallest absolute Gasteiger partial charge is 0.255 e. The van der Waals surface area contributed by atoms with Crippen LogP contribution in [0.4, 0.5) is 0 Å². The molecule has 2 aromatic carbocycles. The molecule has 1 fully saturated rings. The number of amides is 1. The van der Waals surface area contributed by atoms with Gasteiger partial charge in [-0.25, -0.2) is 0 Å². The SMILES string of the molecule is O=C(c1cc(Cl)c(O)c(C(=O)NC2CCCCC2)c1)c1ccccc1Cl. The van der Waals surface area contributed by atoms with Crippen LogP contribution >= 0.6 is 23.2 Å². The van der Waals surface area contributed by atoms with Gasteiger partial charge in [0.05, 0.1) is 15.6 Å². The van der Waals surface area contributed by atoms with Gasteiger partial charge in [-0.15, -0.1) is 0 Å². The number of ketones is 1. The summed E-state index contributed by atoms with van der Waals surface area (Å²) in [6, 6.07) is 9.45. The molecule has 0 aromatic heterocycles. The molecule has 136 valence electrons. The van der Waals surface area contributed by atoms with Crippen molar-refractivity contribution in [2.45, 2.75) is 38.1 Å². The maximum absolute atomic E-state index is 12.7. The highest BCUT2D eigenvalue weighted by molar-refractivity contribution is 6.36. The average molecular weight is 392 g/mol. The Hall–Kier alpha value is -2.04. The van der Waals surface area contributed by atoms with Crippen LogP contribution in [0.15, 0.2) is 36.4 Å². The molecule has 1 saturated carbocycles. The molecule has 2 aromatic rings. The number of benzene rings is 2. The molecule has 0 saturated heterocycles. The maximum atomic E-state index is 12.7. The lowest BCUT2D eigenvalue weighted by molar-refractivity contribution is 0.0925. The van der Waals surface area contributed by atoms with E-state index in [1.165, 1.54) is 18.6 Å². The number of phenolic OH excluding ortho intramolecular Hbond substituents is 1. The number of phenols is 1. The summed E-state index contributed by atoms with van der Waals surface area (Å²) in [5.74, 6) is -1.11. The van der Waals surface area contributed by atoms with E-state index in [1.54, 1.807) is 24.3 Å². The molecule has 1 aliphatic rings. The fourth-order valence-electron chi connectivity index (χ4n) is 3.21. The average Bonchev–Trinajstić information content (AvgIpc) is 2.64. The Kier molecular flexibility index (Phi) is 5.84. The Bertz CT molecular complexity index is 845. The van der Waals surface area contributed by atoms with Crippen LogP contribution in [-0.4, -0.2) is 22.8 Å². The second-order valence-electron chi connectivity index (χ2n) is 6.47. The van der Waals surface area contributed by atoms with Gasteiger partial charge in [0.25, 0.3) is 5.91 Å². The second-order valence-corrected chi connectivity index (χ2v) is 7.29. The summed E-state index contributed by atoms with van der Waals surface area (Å²) in [7, 11) is 0. The number of halogens is 2. The topological polar surface area (TPSA) is 66.4 Å². The molecular formula is C20H19Cl2NO3. The molecule has 3 rings (SSSR count). The quantitative estimate of drug-likeness (QED) is 0.721. The van der Waals surface area contributed by atoms with Crippen molar-refractivity contribution in [2.75, 3.05) is 0 Å². The van der Waals surface area contributed by atoms with Crippen molar-refractivity contribution in [1.82, 2.24) is 5.32 Å². The highest BCUT2D eigenvalue weighted by atomic mass is 35.5. The molecule has 0 radical (unpaired) electrons. The minimum absolute atomic E-state index is 0.00141. The van der Waals surface area contributed by atoms with E-state index in [0.717, 1.165) is 25.7 Å². The summed E-state index contributed by atoms with van der Waals surface area (Å²) in [5.41, 5.74) is 0.516. The number of hydrogen-bond acceptors (Lipinski definition) is 3. The number of carbonyl (C=O) groups is 2. The number of nitrogens with one attached hydrogen (secondary N) is 1. The first-order valence-electron chi connectivity index (χ1n) is 8.60. The van der Waals surface area contributed by atoms with Gasteiger partial charge in [0.2, 0.25) is 0 Å². The first-order chi connectivity index (χ1) is 12.5. The van der Waals surface area contributed by atoms with Crippen LogP contribution in [0.1, 0.15) is 58.4 Å². The zero-order valence-corrected chi connectivity index (χ0v) is 15.6. The third-order valence-corrected chi connectivity index (χ3v) is 5.25.